The van der Waals surface area contributed by atoms with Crippen LogP contribution in [-0.4, -0.2) is 40.1 Å². The summed E-state index contributed by atoms with van der Waals surface area (Å²) in [5, 5.41) is 12.7. The molecule has 96 valence electrons. The number of thiazole rings is 1. The predicted octanol–water partition coefficient (Wildman–Crippen LogP) is -0.334. The first-order valence-electron chi connectivity index (χ1n) is 4.87. The van der Waals surface area contributed by atoms with Gasteiger partial charge >= 0.3 is 16.9 Å². The molecule has 3 N–H and O–H groups in total. The molecule has 0 aromatic carbocycles. The van der Waals surface area contributed by atoms with Gasteiger partial charge < -0.3 is 20.3 Å². The number of amides is 2. The van der Waals surface area contributed by atoms with Gasteiger partial charge in [0.15, 0.2) is 0 Å². The van der Waals surface area contributed by atoms with Crippen LogP contribution >= 0.6 is 11.3 Å². The molecule has 0 radical (unpaired) electrons. The summed E-state index contributed by atoms with van der Waals surface area (Å²) in [6, 6.07) is -0.595. The van der Waals surface area contributed by atoms with Crippen molar-refractivity contribution < 1.29 is 14.7 Å². The number of hydrogen-bond donors (Lipinski definition) is 3. The number of aromatic nitrogens is 1. The Labute approximate surface area is 106 Å². The fourth-order valence-electron chi connectivity index (χ4n) is 1.16. The number of carbonyl (C=O) groups excluding carboxylic acids is 1. The number of nitrogens with zero attached hydrogens (tertiary/aromatic N) is 1. The zero-order valence-corrected chi connectivity index (χ0v) is 10.1. The molecule has 0 aliphatic carbocycles. The molecule has 18 heavy (non-hydrogen) atoms. The minimum Gasteiger partial charge on any atom is -0.480 e. The van der Waals surface area contributed by atoms with Crippen LogP contribution in [0.25, 0.3) is 0 Å². The van der Waals surface area contributed by atoms with Crippen molar-refractivity contribution in [1.82, 2.24) is 15.2 Å². The number of terminal acetylenes is 1. The fraction of sp³-hybridized carbons (Fsp3) is 0.300. The molecular weight excluding hydrogens is 258 g/mol. The van der Waals surface area contributed by atoms with Crippen molar-refractivity contribution in [2.45, 2.75) is 6.54 Å². The monoisotopic (exact) mass is 269 g/mol. The molecule has 0 atom stereocenters. The Morgan fingerprint density at radius 3 is 2.83 bits per heavy atom. The summed E-state index contributed by atoms with van der Waals surface area (Å²) >= 11 is 0.983. The van der Waals surface area contributed by atoms with Gasteiger partial charge in [0.05, 0.1) is 13.1 Å². The summed E-state index contributed by atoms with van der Waals surface area (Å²) in [5.41, 5.74) is 0.550. The van der Waals surface area contributed by atoms with Crippen molar-refractivity contribution in [1.29, 1.82) is 0 Å². The van der Waals surface area contributed by atoms with E-state index < -0.39 is 18.5 Å². The summed E-state index contributed by atoms with van der Waals surface area (Å²) in [4.78, 5) is 36.3. The first-order valence-corrected chi connectivity index (χ1v) is 5.75. The molecule has 0 aliphatic rings. The van der Waals surface area contributed by atoms with Crippen molar-refractivity contribution in [3.8, 4) is 12.3 Å². The number of aliphatic carboxylic acids is 1. The molecule has 2 amide bonds. The third-order valence-electron chi connectivity index (χ3n) is 1.90. The van der Waals surface area contributed by atoms with Crippen LogP contribution in [0.15, 0.2) is 10.2 Å². The van der Waals surface area contributed by atoms with Crippen molar-refractivity contribution in [2.24, 2.45) is 0 Å². The summed E-state index contributed by atoms with van der Waals surface area (Å²) < 4.78 is 0. The molecule has 0 saturated heterocycles. The maximum Gasteiger partial charge on any atom is 0.323 e. The molecule has 0 aliphatic heterocycles. The average molecular weight is 269 g/mol. The van der Waals surface area contributed by atoms with Crippen molar-refractivity contribution in [3.05, 3.63) is 20.7 Å². The van der Waals surface area contributed by atoms with Gasteiger partial charge in [-0.05, 0) is 0 Å². The second kappa shape index (κ2) is 6.46. The Bertz CT molecular complexity index is 528. The van der Waals surface area contributed by atoms with Gasteiger partial charge in [0, 0.05) is 11.1 Å². The molecule has 0 spiro atoms. The SMILES string of the molecule is C#CCN(CC(=O)O)C(=O)NCc1csc(=O)[nH]1. The average Bonchev–Trinajstić information content (AvgIpc) is 2.71. The van der Waals surface area contributed by atoms with Gasteiger partial charge in [-0.1, -0.05) is 17.3 Å². The molecule has 8 heteroatoms. The summed E-state index contributed by atoms with van der Waals surface area (Å²) in [7, 11) is 0. The van der Waals surface area contributed by atoms with E-state index in [1.807, 2.05) is 0 Å². The van der Waals surface area contributed by atoms with E-state index >= 15 is 0 Å². The first-order chi connectivity index (χ1) is 8.52. The van der Waals surface area contributed by atoms with Gasteiger partial charge in [0.1, 0.15) is 6.54 Å². The van der Waals surface area contributed by atoms with Gasteiger partial charge in [0.2, 0.25) is 0 Å². The third kappa shape index (κ3) is 4.31. The summed E-state index contributed by atoms with van der Waals surface area (Å²) in [6.45, 7) is -0.466. The van der Waals surface area contributed by atoms with Gasteiger partial charge in [-0.15, -0.1) is 6.42 Å². The zero-order valence-electron chi connectivity index (χ0n) is 9.30. The Balaban J connectivity index is 2.53. The minimum atomic E-state index is -1.15. The largest absolute Gasteiger partial charge is 0.480 e. The van der Waals surface area contributed by atoms with Crippen LogP contribution < -0.4 is 10.2 Å². The first kappa shape index (κ1) is 13.8. The number of aromatic amines is 1. The molecule has 1 rings (SSSR count). The molecule has 0 bridgehead atoms. The molecule has 0 fully saturated rings. The van der Waals surface area contributed by atoms with Crippen LogP contribution in [-0.2, 0) is 11.3 Å². The number of urea groups is 1. The summed E-state index contributed by atoms with van der Waals surface area (Å²) in [6.07, 6.45) is 5.04. The van der Waals surface area contributed by atoms with Crippen LogP contribution in [0, 0.1) is 12.3 Å². The second-order valence-corrected chi connectivity index (χ2v) is 4.13. The van der Waals surface area contributed by atoms with E-state index in [0.29, 0.717) is 5.69 Å². The lowest BCUT2D eigenvalue weighted by Gasteiger charge is -2.18. The maximum absolute atomic E-state index is 11.6. The van der Waals surface area contributed by atoms with Gasteiger partial charge in [0.25, 0.3) is 0 Å². The number of nitrogens with one attached hydrogen (secondary N) is 2. The highest BCUT2D eigenvalue weighted by Gasteiger charge is 2.15. The fourth-order valence-corrected chi connectivity index (χ4v) is 1.74. The highest BCUT2D eigenvalue weighted by molar-refractivity contribution is 7.07. The minimum absolute atomic E-state index is 0.0989. The Morgan fingerprint density at radius 2 is 2.33 bits per heavy atom. The van der Waals surface area contributed by atoms with E-state index in [0.717, 1.165) is 16.2 Å². The normalized spacial score (nSPS) is 9.50. The Kier molecular flexibility index (Phi) is 4.95. The highest BCUT2D eigenvalue weighted by atomic mass is 32.1. The lowest BCUT2D eigenvalue weighted by molar-refractivity contribution is -0.137. The molecule has 0 saturated carbocycles. The molecule has 1 aromatic heterocycles. The molecule has 1 aromatic rings. The number of carboxylic acid groups (broad SMARTS) is 1. The highest BCUT2D eigenvalue weighted by Crippen LogP contribution is 1.96. The summed E-state index contributed by atoms with van der Waals surface area (Å²) in [5.74, 6) is 1.05. The predicted molar refractivity (Wildman–Crippen MR) is 65.2 cm³/mol. The van der Waals surface area contributed by atoms with E-state index in [9.17, 15) is 14.4 Å². The van der Waals surface area contributed by atoms with E-state index in [1.165, 1.54) is 0 Å². The molecule has 7 nitrogen and oxygen atoms in total. The third-order valence-corrected chi connectivity index (χ3v) is 2.61. The van der Waals surface area contributed by atoms with E-state index in [2.05, 4.69) is 16.2 Å². The second-order valence-electron chi connectivity index (χ2n) is 3.29. The van der Waals surface area contributed by atoms with Gasteiger partial charge in [-0.3, -0.25) is 9.59 Å². The number of carboxylic acids is 1. The number of H-pyrrole nitrogens is 1. The van der Waals surface area contributed by atoms with Crippen molar-refractivity contribution >= 4 is 23.3 Å². The lowest BCUT2D eigenvalue weighted by atomic mass is 10.4. The quantitative estimate of drug-likeness (QED) is 0.637. The smallest absolute Gasteiger partial charge is 0.323 e. The zero-order chi connectivity index (χ0) is 13.5. The molecule has 1 heterocycles. The van der Waals surface area contributed by atoms with Crippen molar-refractivity contribution in [2.75, 3.05) is 13.1 Å². The van der Waals surface area contributed by atoms with Crippen LogP contribution in [0.5, 0.6) is 0 Å². The molecule has 0 unspecified atom stereocenters. The standard InChI is InChI=1S/C10H11N3O4S/c1-2-3-13(5-8(14)15)9(16)11-4-7-6-18-10(17)12-7/h1,6H,3-5H2,(H,11,16)(H,12,17)(H,14,15). The Morgan fingerprint density at radius 1 is 1.61 bits per heavy atom. The molecular formula is C10H11N3O4S. The van der Waals surface area contributed by atoms with Crippen molar-refractivity contribution in [3.63, 3.8) is 0 Å². The lowest BCUT2D eigenvalue weighted by Crippen LogP contribution is -2.42. The van der Waals surface area contributed by atoms with E-state index in [-0.39, 0.29) is 18.0 Å². The number of carbonyl (C=O) groups is 2. The van der Waals surface area contributed by atoms with Gasteiger partial charge in [-0.25, -0.2) is 4.79 Å². The Hall–Kier alpha value is -2.27. The number of hydrogen-bond acceptors (Lipinski definition) is 4. The maximum atomic E-state index is 11.6. The number of rotatable bonds is 5. The van der Waals surface area contributed by atoms with Crippen LogP contribution in [0.2, 0.25) is 0 Å². The van der Waals surface area contributed by atoms with Crippen LogP contribution in [0.3, 0.4) is 0 Å². The topological polar surface area (TPSA) is 102 Å². The van der Waals surface area contributed by atoms with E-state index in [4.69, 9.17) is 11.5 Å². The van der Waals surface area contributed by atoms with E-state index in [1.54, 1.807) is 5.38 Å². The van der Waals surface area contributed by atoms with Gasteiger partial charge in [-0.2, -0.15) is 0 Å². The van der Waals surface area contributed by atoms with Crippen LogP contribution in [0.4, 0.5) is 4.79 Å². The van der Waals surface area contributed by atoms with Crippen LogP contribution in [0.1, 0.15) is 5.69 Å².